The minimum Gasteiger partial charge on any atom is -0.396 e. The molecule has 3 nitrogen and oxygen atoms in total. The summed E-state index contributed by atoms with van der Waals surface area (Å²) in [7, 11) is 0. The van der Waals surface area contributed by atoms with E-state index in [1.54, 1.807) is 17.5 Å². The summed E-state index contributed by atoms with van der Waals surface area (Å²) in [5.41, 5.74) is 8.60. The predicted molar refractivity (Wildman–Crippen MR) is 85.5 cm³/mol. The Morgan fingerprint density at radius 2 is 2.16 bits per heavy atom. The standard InChI is InChI=1S/C14H12BrN3S/c15-9-5-10(19-8-9)6-18-14-11-3-1-2-4-13(11)17-7-12(14)16/h1-5,7-8H,6,16H2,(H,17,18). The van der Waals surface area contributed by atoms with E-state index in [2.05, 4.69) is 37.7 Å². The van der Waals surface area contributed by atoms with Crippen LogP contribution in [0.1, 0.15) is 4.88 Å². The Morgan fingerprint density at radius 1 is 1.32 bits per heavy atom. The summed E-state index contributed by atoms with van der Waals surface area (Å²) >= 11 is 5.17. The second kappa shape index (κ2) is 5.19. The molecule has 0 radical (unpaired) electrons. The molecule has 96 valence electrons. The molecule has 0 aliphatic heterocycles. The van der Waals surface area contributed by atoms with Gasteiger partial charge in [0.25, 0.3) is 0 Å². The molecule has 0 saturated heterocycles. The first-order valence-electron chi connectivity index (χ1n) is 5.84. The Morgan fingerprint density at radius 3 is 2.95 bits per heavy atom. The average Bonchev–Trinajstić information content (AvgIpc) is 2.83. The van der Waals surface area contributed by atoms with Gasteiger partial charge in [0.1, 0.15) is 0 Å². The highest BCUT2D eigenvalue weighted by atomic mass is 79.9. The molecule has 3 aromatic rings. The van der Waals surface area contributed by atoms with Crippen LogP contribution in [0.2, 0.25) is 0 Å². The maximum absolute atomic E-state index is 6.03. The van der Waals surface area contributed by atoms with Crippen molar-refractivity contribution >= 4 is 49.5 Å². The van der Waals surface area contributed by atoms with Crippen LogP contribution in [0.4, 0.5) is 11.4 Å². The van der Waals surface area contributed by atoms with Crippen molar-refractivity contribution in [3.05, 3.63) is 51.3 Å². The van der Waals surface area contributed by atoms with Crippen LogP contribution in [-0.2, 0) is 6.54 Å². The molecule has 0 aliphatic carbocycles. The van der Waals surface area contributed by atoms with E-state index in [-0.39, 0.29) is 0 Å². The van der Waals surface area contributed by atoms with Crippen molar-refractivity contribution in [2.45, 2.75) is 6.54 Å². The number of rotatable bonds is 3. The molecule has 5 heteroatoms. The zero-order chi connectivity index (χ0) is 13.2. The third-order valence-electron chi connectivity index (χ3n) is 2.87. The number of benzene rings is 1. The number of anilines is 2. The van der Waals surface area contributed by atoms with Gasteiger partial charge in [-0.05, 0) is 28.1 Å². The minimum absolute atomic E-state index is 0.675. The van der Waals surface area contributed by atoms with Crippen LogP contribution < -0.4 is 11.1 Å². The zero-order valence-electron chi connectivity index (χ0n) is 10.1. The van der Waals surface area contributed by atoms with Crippen LogP contribution >= 0.6 is 27.3 Å². The minimum atomic E-state index is 0.675. The molecule has 19 heavy (non-hydrogen) atoms. The lowest BCUT2D eigenvalue weighted by Crippen LogP contribution is -2.02. The summed E-state index contributed by atoms with van der Waals surface area (Å²) in [6.07, 6.45) is 1.70. The third kappa shape index (κ3) is 2.57. The van der Waals surface area contributed by atoms with Crippen LogP contribution in [0.25, 0.3) is 10.9 Å². The van der Waals surface area contributed by atoms with Gasteiger partial charge in [-0.1, -0.05) is 18.2 Å². The predicted octanol–water partition coefficient (Wildman–Crippen LogP) is 4.25. The fourth-order valence-electron chi connectivity index (χ4n) is 1.98. The average molecular weight is 334 g/mol. The van der Waals surface area contributed by atoms with Gasteiger partial charge in [-0.25, -0.2) is 0 Å². The Labute approximate surface area is 123 Å². The van der Waals surface area contributed by atoms with E-state index in [0.717, 1.165) is 27.6 Å². The van der Waals surface area contributed by atoms with E-state index in [9.17, 15) is 0 Å². The Hall–Kier alpha value is -1.59. The van der Waals surface area contributed by atoms with Gasteiger partial charge in [0.05, 0.1) is 23.1 Å². The number of nitrogen functional groups attached to an aromatic ring is 1. The quantitative estimate of drug-likeness (QED) is 0.753. The molecule has 0 atom stereocenters. The Balaban J connectivity index is 1.93. The summed E-state index contributed by atoms with van der Waals surface area (Å²) in [6.45, 7) is 0.758. The van der Waals surface area contributed by atoms with Crippen molar-refractivity contribution in [2.75, 3.05) is 11.1 Å². The summed E-state index contributed by atoms with van der Waals surface area (Å²) in [6, 6.07) is 10.1. The molecule has 0 amide bonds. The van der Waals surface area contributed by atoms with Gasteiger partial charge in [0.15, 0.2) is 0 Å². The third-order valence-corrected chi connectivity index (χ3v) is 4.56. The Bertz CT molecular complexity index is 724. The smallest absolute Gasteiger partial charge is 0.0743 e. The lowest BCUT2D eigenvalue weighted by Gasteiger charge is -2.11. The molecule has 1 aromatic carbocycles. The number of nitrogens with two attached hydrogens (primary N) is 1. The van der Waals surface area contributed by atoms with Crippen LogP contribution in [0.15, 0.2) is 46.4 Å². The number of fused-ring (bicyclic) bond motifs is 1. The normalized spacial score (nSPS) is 10.8. The largest absolute Gasteiger partial charge is 0.396 e. The molecular weight excluding hydrogens is 322 g/mol. The van der Waals surface area contributed by atoms with Gasteiger partial charge in [-0.15, -0.1) is 11.3 Å². The van der Waals surface area contributed by atoms with Crippen molar-refractivity contribution in [3.63, 3.8) is 0 Å². The number of nitrogens with one attached hydrogen (secondary N) is 1. The number of thiophene rings is 1. The monoisotopic (exact) mass is 333 g/mol. The topological polar surface area (TPSA) is 50.9 Å². The lowest BCUT2D eigenvalue weighted by atomic mass is 10.1. The fourth-order valence-corrected chi connectivity index (χ4v) is 3.37. The molecule has 2 heterocycles. The number of hydrogen-bond acceptors (Lipinski definition) is 4. The van der Waals surface area contributed by atoms with Gasteiger partial charge in [-0.2, -0.15) is 0 Å². The first-order chi connectivity index (χ1) is 9.24. The summed E-state index contributed by atoms with van der Waals surface area (Å²) in [5, 5.41) is 6.54. The van der Waals surface area contributed by atoms with Crippen molar-refractivity contribution in [3.8, 4) is 0 Å². The Kier molecular flexibility index (Phi) is 3.40. The van der Waals surface area contributed by atoms with Crippen molar-refractivity contribution < 1.29 is 0 Å². The van der Waals surface area contributed by atoms with E-state index < -0.39 is 0 Å². The number of nitrogens with zero attached hydrogens (tertiary/aromatic N) is 1. The van der Waals surface area contributed by atoms with Crippen LogP contribution in [-0.4, -0.2) is 4.98 Å². The van der Waals surface area contributed by atoms with Gasteiger partial charge in [0, 0.05) is 26.7 Å². The summed E-state index contributed by atoms with van der Waals surface area (Å²) in [4.78, 5) is 5.59. The molecule has 0 aliphatic rings. The highest BCUT2D eigenvalue weighted by molar-refractivity contribution is 9.10. The molecule has 2 aromatic heterocycles. The summed E-state index contributed by atoms with van der Waals surface area (Å²) in [5.74, 6) is 0. The molecule has 0 fully saturated rings. The highest BCUT2D eigenvalue weighted by Gasteiger charge is 2.06. The summed E-state index contributed by atoms with van der Waals surface area (Å²) < 4.78 is 1.11. The van der Waals surface area contributed by atoms with Crippen LogP contribution in [0.5, 0.6) is 0 Å². The van der Waals surface area contributed by atoms with E-state index in [1.165, 1.54) is 4.88 Å². The van der Waals surface area contributed by atoms with E-state index in [0.29, 0.717) is 5.69 Å². The number of pyridine rings is 1. The molecular formula is C14H12BrN3S. The van der Waals surface area contributed by atoms with Gasteiger partial charge in [-0.3, -0.25) is 4.98 Å². The zero-order valence-corrected chi connectivity index (χ0v) is 12.5. The van der Waals surface area contributed by atoms with Crippen LogP contribution in [0, 0.1) is 0 Å². The van der Waals surface area contributed by atoms with Gasteiger partial charge < -0.3 is 11.1 Å². The molecule has 0 bridgehead atoms. The first-order valence-corrected chi connectivity index (χ1v) is 7.51. The molecule has 3 N–H and O–H groups in total. The van der Waals surface area contributed by atoms with Gasteiger partial charge >= 0.3 is 0 Å². The fraction of sp³-hybridized carbons (Fsp3) is 0.0714. The lowest BCUT2D eigenvalue weighted by molar-refractivity contribution is 1.19. The van der Waals surface area contributed by atoms with Crippen molar-refractivity contribution in [1.29, 1.82) is 0 Å². The van der Waals surface area contributed by atoms with E-state index in [4.69, 9.17) is 5.73 Å². The van der Waals surface area contributed by atoms with Gasteiger partial charge in [0.2, 0.25) is 0 Å². The maximum atomic E-state index is 6.03. The number of aromatic nitrogens is 1. The van der Waals surface area contributed by atoms with E-state index in [1.807, 2.05) is 24.3 Å². The molecule has 0 spiro atoms. The van der Waals surface area contributed by atoms with Crippen molar-refractivity contribution in [2.24, 2.45) is 0 Å². The second-order valence-electron chi connectivity index (χ2n) is 4.19. The SMILES string of the molecule is Nc1cnc2ccccc2c1NCc1cc(Br)cs1. The van der Waals surface area contributed by atoms with E-state index >= 15 is 0 Å². The van der Waals surface area contributed by atoms with Crippen molar-refractivity contribution in [1.82, 2.24) is 4.98 Å². The highest BCUT2D eigenvalue weighted by Crippen LogP contribution is 2.29. The molecule has 3 rings (SSSR count). The first kappa shape index (κ1) is 12.4. The molecule has 0 unspecified atom stereocenters. The molecule has 0 saturated carbocycles. The van der Waals surface area contributed by atoms with Crippen LogP contribution in [0.3, 0.4) is 0 Å². The number of halogens is 1. The second-order valence-corrected chi connectivity index (χ2v) is 6.10. The number of hydrogen-bond donors (Lipinski definition) is 2. The number of para-hydroxylation sites is 1. The maximum Gasteiger partial charge on any atom is 0.0743 e.